The van der Waals surface area contributed by atoms with Crippen molar-refractivity contribution in [3.05, 3.63) is 107 Å². The lowest BCUT2D eigenvalue weighted by Crippen LogP contribution is -2.40. The number of hydrogen-bond donors (Lipinski definition) is 1. The summed E-state index contributed by atoms with van der Waals surface area (Å²) in [5, 5.41) is 3.42. The van der Waals surface area contributed by atoms with Crippen LogP contribution in [-0.4, -0.2) is 30.7 Å². The monoisotopic (exact) mass is 464 g/mol. The van der Waals surface area contributed by atoms with Crippen molar-refractivity contribution in [2.24, 2.45) is 0 Å². The molecule has 0 atom stereocenters. The van der Waals surface area contributed by atoms with Gasteiger partial charge in [-0.05, 0) is 48.4 Å². The number of anilines is 1. The van der Waals surface area contributed by atoms with Gasteiger partial charge in [0.25, 0.3) is 24.2 Å². The van der Waals surface area contributed by atoms with Crippen LogP contribution in [0.15, 0.2) is 84.9 Å². The number of ether oxygens (including phenoxy) is 1. The second-order valence-corrected chi connectivity index (χ2v) is 8.01. The Morgan fingerprint density at radius 2 is 1.43 bits per heavy atom. The molecule has 0 bridgehead atoms. The lowest BCUT2D eigenvalue weighted by molar-refractivity contribution is -0.120. The summed E-state index contributed by atoms with van der Waals surface area (Å²) in [6.07, 6.45) is 0.633. The van der Waals surface area contributed by atoms with E-state index in [0.717, 1.165) is 10.5 Å². The molecule has 5 rings (SSSR count). The topological polar surface area (TPSA) is 92.8 Å². The first kappa shape index (κ1) is 22.0. The largest absolute Gasteiger partial charge is 0.428 e. The number of benzene rings is 4. The van der Waals surface area contributed by atoms with E-state index in [1.54, 1.807) is 30.3 Å². The van der Waals surface area contributed by atoms with Crippen molar-refractivity contribution < 1.29 is 23.9 Å². The Morgan fingerprint density at radius 1 is 0.800 bits per heavy atom. The van der Waals surface area contributed by atoms with E-state index in [-0.39, 0.29) is 34.3 Å². The summed E-state index contributed by atoms with van der Waals surface area (Å²) in [5.74, 6) is -1.33. The van der Waals surface area contributed by atoms with Crippen LogP contribution in [0.2, 0.25) is 0 Å². The summed E-state index contributed by atoms with van der Waals surface area (Å²) in [4.78, 5) is 52.2. The second kappa shape index (κ2) is 9.23. The SMILES string of the molecule is O=COc1ccc2c3c(ccc(C(=O)NCCc4ccccc4)c13)C(=O)N(c1ccccc1)C2=O. The molecule has 0 aliphatic carbocycles. The molecule has 1 aliphatic rings. The number of imide groups is 1. The van der Waals surface area contributed by atoms with Crippen LogP contribution in [0.4, 0.5) is 5.69 Å². The molecule has 0 unspecified atom stereocenters. The van der Waals surface area contributed by atoms with Crippen molar-refractivity contribution >= 4 is 40.7 Å². The fraction of sp³-hybridized carbons (Fsp3) is 0.0714. The fourth-order valence-electron chi connectivity index (χ4n) is 4.36. The lowest BCUT2D eigenvalue weighted by atomic mass is 9.90. The highest BCUT2D eigenvalue weighted by Gasteiger charge is 2.36. The Hall–Kier alpha value is -4.78. The fourth-order valence-corrected chi connectivity index (χ4v) is 4.36. The van der Waals surface area contributed by atoms with Crippen LogP contribution in [0.25, 0.3) is 10.8 Å². The highest BCUT2D eigenvalue weighted by Crippen LogP contribution is 2.39. The number of nitrogens with one attached hydrogen (secondary N) is 1. The van der Waals surface area contributed by atoms with Crippen LogP contribution in [0, 0.1) is 0 Å². The van der Waals surface area contributed by atoms with Crippen molar-refractivity contribution in [2.45, 2.75) is 6.42 Å². The molecule has 0 saturated carbocycles. The molecule has 1 heterocycles. The number of para-hydroxylation sites is 1. The molecule has 1 aliphatic heterocycles. The molecular weight excluding hydrogens is 444 g/mol. The average molecular weight is 464 g/mol. The number of carbonyl (C=O) groups excluding carboxylic acids is 4. The predicted octanol–water partition coefficient (Wildman–Crippen LogP) is 4.15. The molecule has 35 heavy (non-hydrogen) atoms. The number of nitrogens with zero attached hydrogens (tertiary/aromatic N) is 1. The smallest absolute Gasteiger partial charge is 0.298 e. The molecule has 0 radical (unpaired) electrons. The van der Waals surface area contributed by atoms with E-state index in [1.807, 2.05) is 30.3 Å². The van der Waals surface area contributed by atoms with Gasteiger partial charge >= 0.3 is 0 Å². The van der Waals surface area contributed by atoms with E-state index in [2.05, 4.69) is 5.32 Å². The van der Waals surface area contributed by atoms with Gasteiger partial charge in [0, 0.05) is 28.4 Å². The van der Waals surface area contributed by atoms with Crippen molar-refractivity contribution in [3.63, 3.8) is 0 Å². The summed E-state index contributed by atoms with van der Waals surface area (Å²) in [6, 6.07) is 24.4. The highest BCUT2D eigenvalue weighted by atomic mass is 16.5. The molecule has 7 heteroatoms. The van der Waals surface area contributed by atoms with E-state index in [4.69, 9.17) is 4.74 Å². The summed E-state index contributed by atoms with van der Waals surface area (Å²) in [5.41, 5.74) is 2.22. The summed E-state index contributed by atoms with van der Waals surface area (Å²) >= 11 is 0. The molecule has 4 aromatic rings. The summed E-state index contributed by atoms with van der Waals surface area (Å²) < 4.78 is 5.15. The molecular formula is C28H20N2O5. The van der Waals surface area contributed by atoms with Gasteiger partial charge in [-0.15, -0.1) is 0 Å². The van der Waals surface area contributed by atoms with Gasteiger partial charge in [0.05, 0.1) is 11.3 Å². The Bertz CT molecular complexity index is 1440. The van der Waals surface area contributed by atoms with Gasteiger partial charge in [-0.2, -0.15) is 0 Å². The number of amides is 3. The van der Waals surface area contributed by atoms with Gasteiger partial charge in [0.15, 0.2) is 0 Å². The van der Waals surface area contributed by atoms with Crippen LogP contribution >= 0.6 is 0 Å². The molecule has 1 N–H and O–H groups in total. The van der Waals surface area contributed by atoms with Crippen LogP contribution in [0.5, 0.6) is 5.75 Å². The highest BCUT2D eigenvalue weighted by molar-refractivity contribution is 6.37. The molecule has 0 aromatic heterocycles. The maximum atomic E-state index is 13.4. The number of hydrogen-bond acceptors (Lipinski definition) is 5. The molecule has 0 fully saturated rings. The Kier molecular flexibility index (Phi) is 5.81. The van der Waals surface area contributed by atoms with Crippen molar-refractivity contribution in [1.82, 2.24) is 5.32 Å². The van der Waals surface area contributed by atoms with Gasteiger partial charge < -0.3 is 10.1 Å². The first-order valence-electron chi connectivity index (χ1n) is 11.1. The van der Waals surface area contributed by atoms with Crippen LogP contribution in [-0.2, 0) is 11.2 Å². The molecule has 4 aromatic carbocycles. The molecule has 7 nitrogen and oxygen atoms in total. The molecule has 0 saturated heterocycles. The zero-order valence-corrected chi connectivity index (χ0v) is 18.6. The van der Waals surface area contributed by atoms with E-state index >= 15 is 0 Å². The molecule has 3 amide bonds. The maximum absolute atomic E-state index is 13.4. The third-order valence-electron chi connectivity index (χ3n) is 5.97. The van der Waals surface area contributed by atoms with Crippen LogP contribution < -0.4 is 15.0 Å². The van der Waals surface area contributed by atoms with Gasteiger partial charge in [-0.25, -0.2) is 4.90 Å². The maximum Gasteiger partial charge on any atom is 0.298 e. The van der Waals surface area contributed by atoms with Crippen molar-refractivity contribution in [3.8, 4) is 5.75 Å². The Balaban J connectivity index is 1.57. The van der Waals surface area contributed by atoms with Gasteiger partial charge in [0.2, 0.25) is 0 Å². The van der Waals surface area contributed by atoms with E-state index in [0.29, 0.717) is 24.0 Å². The standard InChI is InChI=1S/C28H20N2O5/c31-17-35-23-14-13-22-24-21(27(33)30(28(22)34)19-9-5-2-6-10-19)12-11-20(25(23)24)26(32)29-16-15-18-7-3-1-4-8-18/h1-14,17H,15-16H2,(H,29,32). The third kappa shape index (κ3) is 3.93. The van der Waals surface area contributed by atoms with Crippen molar-refractivity contribution in [1.29, 1.82) is 0 Å². The van der Waals surface area contributed by atoms with Gasteiger partial charge in [0.1, 0.15) is 5.75 Å². The second-order valence-electron chi connectivity index (χ2n) is 8.01. The van der Waals surface area contributed by atoms with Crippen LogP contribution in [0.3, 0.4) is 0 Å². The van der Waals surface area contributed by atoms with Gasteiger partial charge in [-0.3, -0.25) is 19.2 Å². The zero-order valence-electron chi connectivity index (χ0n) is 18.6. The van der Waals surface area contributed by atoms with E-state index in [9.17, 15) is 19.2 Å². The van der Waals surface area contributed by atoms with E-state index < -0.39 is 17.7 Å². The quantitative estimate of drug-likeness (QED) is 0.328. The van der Waals surface area contributed by atoms with E-state index in [1.165, 1.54) is 24.3 Å². The minimum atomic E-state index is -0.516. The summed E-state index contributed by atoms with van der Waals surface area (Å²) in [6.45, 7) is 0.638. The Morgan fingerprint density at radius 3 is 2.09 bits per heavy atom. The first-order chi connectivity index (χ1) is 17.1. The molecule has 172 valence electrons. The van der Waals surface area contributed by atoms with Crippen molar-refractivity contribution in [2.75, 3.05) is 11.4 Å². The minimum absolute atomic E-state index is 0.0996. The third-order valence-corrected chi connectivity index (χ3v) is 5.97. The lowest BCUT2D eigenvalue weighted by Gasteiger charge is -2.28. The minimum Gasteiger partial charge on any atom is -0.428 e. The predicted molar refractivity (Wildman–Crippen MR) is 131 cm³/mol. The normalized spacial score (nSPS) is 12.5. The van der Waals surface area contributed by atoms with Crippen LogP contribution in [0.1, 0.15) is 36.6 Å². The molecule has 0 spiro atoms. The Labute approximate surface area is 200 Å². The zero-order chi connectivity index (χ0) is 24.4. The first-order valence-corrected chi connectivity index (χ1v) is 11.1. The average Bonchev–Trinajstić information content (AvgIpc) is 2.89. The number of carbonyl (C=O) groups is 4. The summed E-state index contributed by atoms with van der Waals surface area (Å²) in [7, 11) is 0. The van der Waals surface area contributed by atoms with Gasteiger partial charge in [-0.1, -0.05) is 48.5 Å². The number of rotatable bonds is 7.